The van der Waals surface area contributed by atoms with Gasteiger partial charge in [-0.25, -0.2) is 4.39 Å². The van der Waals surface area contributed by atoms with Crippen LogP contribution in [0.15, 0.2) is 6.07 Å². The Kier molecular flexibility index (Phi) is 3.98. The molecule has 0 aromatic heterocycles. The van der Waals surface area contributed by atoms with Crippen LogP contribution in [0.25, 0.3) is 0 Å². The van der Waals surface area contributed by atoms with E-state index in [1.807, 2.05) is 0 Å². The molecule has 0 amide bonds. The molecule has 1 rings (SSSR count). The minimum Gasteiger partial charge on any atom is -0.506 e. The molecule has 0 spiro atoms. The lowest BCUT2D eigenvalue weighted by atomic mass is 10.1. The van der Waals surface area contributed by atoms with Crippen LogP contribution >= 0.6 is 23.2 Å². The number of nitrogens with two attached hydrogens (primary N) is 1. The van der Waals surface area contributed by atoms with Crippen molar-refractivity contribution < 1.29 is 9.50 Å². The summed E-state index contributed by atoms with van der Waals surface area (Å²) in [5.41, 5.74) is 5.62. The summed E-state index contributed by atoms with van der Waals surface area (Å²) in [4.78, 5) is 0. The molecule has 0 heterocycles. The lowest BCUT2D eigenvalue weighted by Crippen LogP contribution is -2.01. The van der Waals surface area contributed by atoms with Gasteiger partial charge in [0.2, 0.25) is 0 Å². The van der Waals surface area contributed by atoms with Crippen LogP contribution < -0.4 is 5.73 Å². The number of phenols is 1. The van der Waals surface area contributed by atoms with Crippen molar-refractivity contribution in [2.75, 3.05) is 6.54 Å². The standard InChI is InChI=1S/C9H10Cl2FNO/c10-6-4-7(12)8(11)5(9(6)14)2-1-3-13/h4,14H,1-3,13H2. The Hall–Kier alpha value is -0.510. The molecule has 1 aromatic carbocycles. The van der Waals surface area contributed by atoms with Gasteiger partial charge in [-0.15, -0.1) is 0 Å². The number of hydrogen-bond acceptors (Lipinski definition) is 2. The fourth-order valence-corrected chi connectivity index (χ4v) is 1.59. The summed E-state index contributed by atoms with van der Waals surface area (Å²) >= 11 is 11.3. The first kappa shape index (κ1) is 11.6. The molecule has 0 saturated heterocycles. The average molecular weight is 238 g/mol. The Morgan fingerprint density at radius 3 is 2.64 bits per heavy atom. The normalized spacial score (nSPS) is 10.6. The van der Waals surface area contributed by atoms with Crippen molar-refractivity contribution in [3.8, 4) is 5.75 Å². The van der Waals surface area contributed by atoms with Crippen LogP contribution in [-0.4, -0.2) is 11.7 Å². The minimum absolute atomic E-state index is 0.0288. The van der Waals surface area contributed by atoms with Gasteiger partial charge in [0, 0.05) is 5.56 Å². The molecule has 0 atom stereocenters. The summed E-state index contributed by atoms with van der Waals surface area (Å²) < 4.78 is 13.1. The van der Waals surface area contributed by atoms with Crippen molar-refractivity contribution in [1.29, 1.82) is 0 Å². The highest BCUT2D eigenvalue weighted by molar-refractivity contribution is 6.35. The summed E-state index contributed by atoms with van der Waals surface area (Å²) in [5.74, 6) is -0.784. The van der Waals surface area contributed by atoms with Crippen LogP contribution in [0.3, 0.4) is 0 Å². The largest absolute Gasteiger partial charge is 0.506 e. The SMILES string of the molecule is NCCCc1c(O)c(Cl)cc(F)c1Cl. The third kappa shape index (κ3) is 2.29. The van der Waals surface area contributed by atoms with Crippen LogP contribution in [-0.2, 0) is 6.42 Å². The van der Waals surface area contributed by atoms with Crippen molar-refractivity contribution in [2.45, 2.75) is 12.8 Å². The second kappa shape index (κ2) is 4.82. The molecular weight excluding hydrogens is 228 g/mol. The quantitative estimate of drug-likeness (QED) is 0.795. The van der Waals surface area contributed by atoms with Crippen LogP contribution in [0.1, 0.15) is 12.0 Å². The zero-order chi connectivity index (χ0) is 10.7. The smallest absolute Gasteiger partial charge is 0.143 e. The summed E-state index contributed by atoms with van der Waals surface area (Å²) in [5, 5.41) is 9.39. The lowest BCUT2D eigenvalue weighted by Gasteiger charge is -2.08. The number of phenolic OH excluding ortho intramolecular Hbond substituents is 1. The van der Waals surface area contributed by atoms with Crippen molar-refractivity contribution >= 4 is 23.2 Å². The maximum Gasteiger partial charge on any atom is 0.143 e. The van der Waals surface area contributed by atoms with E-state index in [-0.39, 0.29) is 15.8 Å². The molecule has 0 aliphatic heterocycles. The zero-order valence-electron chi connectivity index (χ0n) is 7.36. The average Bonchev–Trinajstić information content (AvgIpc) is 2.15. The van der Waals surface area contributed by atoms with E-state index in [1.165, 1.54) is 0 Å². The van der Waals surface area contributed by atoms with Gasteiger partial charge in [0.15, 0.2) is 0 Å². The zero-order valence-corrected chi connectivity index (χ0v) is 8.87. The summed E-state index contributed by atoms with van der Waals surface area (Å²) in [7, 11) is 0. The van der Waals surface area contributed by atoms with Gasteiger partial charge >= 0.3 is 0 Å². The molecule has 2 nitrogen and oxygen atoms in total. The first-order valence-electron chi connectivity index (χ1n) is 4.13. The van der Waals surface area contributed by atoms with E-state index in [4.69, 9.17) is 28.9 Å². The molecule has 1 aromatic rings. The van der Waals surface area contributed by atoms with Gasteiger partial charge in [0.1, 0.15) is 11.6 Å². The van der Waals surface area contributed by atoms with Crippen molar-refractivity contribution in [3.05, 3.63) is 27.5 Å². The van der Waals surface area contributed by atoms with Gasteiger partial charge in [0.25, 0.3) is 0 Å². The van der Waals surface area contributed by atoms with Gasteiger partial charge in [-0.1, -0.05) is 23.2 Å². The highest BCUT2D eigenvalue weighted by atomic mass is 35.5. The van der Waals surface area contributed by atoms with E-state index in [0.29, 0.717) is 24.9 Å². The number of aromatic hydroxyl groups is 1. The van der Waals surface area contributed by atoms with Crippen LogP contribution in [0.4, 0.5) is 4.39 Å². The third-order valence-electron chi connectivity index (χ3n) is 1.87. The Morgan fingerprint density at radius 2 is 2.07 bits per heavy atom. The summed E-state index contributed by atoms with van der Waals surface area (Å²) in [6, 6.07) is 0.991. The Balaban J connectivity index is 3.11. The first-order valence-corrected chi connectivity index (χ1v) is 4.89. The highest BCUT2D eigenvalue weighted by Crippen LogP contribution is 2.35. The molecule has 0 fully saturated rings. The number of rotatable bonds is 3. The molecule has 14 heavy (non-hydrogen) atoms. The monoisotopic (exact) mass is 237 g/mol. The fourth-order valence-electron chi connectivity index (χ4n) is 1.14. The van der Waals surface area contributed by atoms with E-state index in [1.54, 1.807) is 0 Å². The molecule has 0 saturated carbocycles. The molecule has 0 aliphatic carbocycles. The topological polar surface area (TPSA) is 46.2 Å². The van der Waals surface area contributed by atoms with Gasteiger partial charge < -0.3 is 10.8 Å². The van der Waals surface area contributed by atoms with E-state index >= 15 is 0 Å². The van der Waals surface area contributed by atoms with Crippen LogP contribution in [0.5, 0.6) is 5.75 Å². The van der Waals surface area contributed by atoms with Gasteiger partial charge in [-0.05, 0) is 25.5 Å². The molecule has 0 bridgehead atoms. The molecule has 5 heteroatoms. The molecule has 78 valence electrons. The lowest BCUT2D eigenvalue weighted by molar-refractivity contribution is 0.465. The first-order chi connectivity index (χ1) is 6.57. The van der Waals surface area contributed by atoms with E-state index in [2.05, 4.69) is 0 Å². The Bertz CT molecular complexity index is 318. The molecule has 0 aliphatic rings. The molecule has 0 radical (unpaired) electrons. The molecule has 0 unspecified atom stereocenters. The fraction of sp³-hybridized carbons (Fsp3) is 0.333. The second-order valence-electron chi connectivity index (χ2n) is 2.87. The maximum absolute atomic E-state index is 13.1. The Labute approximate surface area is 91.4 Å². The number of hydrogen-bond donors (Lipinski definition) is 2. The van der Waals surface area contributed by atoms with Crippen LogP contribution in [0, 0.1) is 5.82 Å². The number of benzene rings is 1. The minimum atomic E-state index is -0.624. The van der Waals surface area contributed by atoms with Gasteiger partial charge in [-0.3, -0.25) is 0 Å². The van der Waals surface area contributed by atoms with Crippen molar-refractivity contribution in [3.63, 3.8) is 0 Å². The highest BCUT2D eigenvalue weighted by Gasteiger charge is 2.14. The predicted molar refractivity (Wildman–Crippen MR) is 55.5 cm³/mol. The van der Waals surface area contributed by atoms with Gasteiger partial charge in [0.05, 0.1) is 10.0 Å². The predicted octanol–water partition coefficient (Wildman–Crippen LogP) is 2.73. The van der Waals surface area contributed by atoms with E-state index in [9.17, 15) is 9.50 Å². The second-order valence-corrected chi connectivity index (χ2v) is 3.66. The third-order valence-corrected chi connectivity index (χ3v) is 2.57. The van der Waals surface area contributed by atoms with Gasteiger partial charge in [-0.2, -0.15) is 0 Å². The van der Waals surface area contributed by atoms with Crippen molar-refractivity contribution in [2.24, 2.45) is 5.73 Å². The number of halogens is 3. The summed E-state index contributed by atoms with van der Waals surface area (Å²) in [6.45, 7) is 0.448. The molecular formula is C9H10Cl2FNO. The summed E-state index contributed by atoms with van der Waals surface area (Å²) in [6.07, 6.45) is 1.03. The van der Waals surface area contributed by atoms with E-state index < -0.39 is 5.82 Å². The van der Waals surface area contributed by atoms with E-state index in [0.717, 1.165) is 6.07 Å². The van der Waals surface area contributed by atoms with Crippen molar-refractivity contribution in [1.82, 2.24) is 0 Å². The molecule has 3 N–H and O–H groups in total. The van der Waals surface area contributed by atoms with Crippen LogP contribution in [0.2, 0.25) is 10.0 Å². The Morgan fingerprint density at radius 1 is 1.43 bits per heavy atom. The maximum atomic E-state index is 13.1.